The first-order valence-corrected chi connectivity index (χ1v) is 9.46. The number of hydrogen-bond acceptors (Lipinski definition) is 5. The molecule has 1 aliphatic heterocycles. The number of aliphatic imine (C=N–C) groups is 1. The van der Waals surface area contributed by atoms with Crippen LogP contribution in [0.4, 0.5) is 0 Å². The molecule has 0 bridgehead atoms. The standard InChI is InChI=1S/C18H36N4O4/c1-5-25-10-6-8-19-18(20-13-17(23)21(2)3)22-9-7-16(14-22)15-26-12-11-24-4/h16H,5-15H2,1-4H3,(H,19,20). The number of likely N-dealkylation sites (tertiary alicyclic amines) is 1. The van der Waals surface area contributed by atoms with E-state index in [0.717, 1.165) is 58.3 Å². The van der Waals surface area contributed by atoms with Crippen molar-refractivity contribution in [2.45, 2.75) is 19.8 Å². The van der Waals surface area contributed by atoms with Crippen molar-refractivity contribution in [3.63, 3.8) is 0 Å². The predicted octanol–water partition coefficient (Wildman–Crippen LogP) is 0.432. The van der Waals surface area contributed by atoms with E-state index in [1.165, 1.54) is 0 Å². The molecule has 0 aromatic heterocycles. The first-order valence-electron chi connectivity index (χ1n) is 9.46. The minimum absolute atomic E-state index is 0.00253. The van der Waals surface area contributed by atoms with Gasteiger partial charge in [-0.3, -0.25) is 4.79 Å². The SMILES string of the molecule is CCOCCCNC(=NCC(=O)N(C)C)N1CCC(COCCOC)C1. The number of ether oxygens (including phenoxy) is 3. The molecule has 1 amide bonds. The van der Waals surface area contributed by atoms with Crippen LogP contribution < -0.4 is 5.32 Å². The maximum absolute atomic E-state index is 11.9. The third-order valence-electron chi connectivity index (χ3n) is 4.19. The molecule has 0 aromatic rings. The van der Waals surface area contributed by atoms with Crippen molar-refractivity contribution in [3.05, 3.63) is 0 Å². The van der Waals surface area contributed by atoms with Gasteiger partial charge in [0.25, 0.3) is 0 Å². The van der Waals surface area contributed by atoms with Crippen LogP contribution in [0.15, 0.2) is 4.99 Å². The van der Waals surface area contributed by atoms with Crippen LogP contribution in [0.5, 0.6) is 0 Å². The molecule has 1 unspecified atom stereocenters. The first kappa shape index (κ1) is 22.7. The van der Waals surface area contributed by atoms with Crippen molar-refractivity contribution in [1.29, 1.82) is 0 Å². The quantitative estimate of drug-likeness (QED) is 0.304. The summed E-state index contributed by atoms with van der Waals surface area (Å²) in [5.74, 6) is 1.28. The molecule has 8 nitrogen and oxygen atoms in total. The summed E-state index contributed by atoms with van der Waals surface area (Å²) in [6, 6.07) is 0. The average Bonchev–Trinajstić information content (AvgIpc) is 3.09. The highest BCUT2D eigenvalue weighted by molar-refractivity contribution is 5.85. The summed E-state index contributed by atoms with van der Waals surface area (Å²) in [7, 11) is 5.17. The van der Waals surface area contributed by atoms with Crippen molar-refractivity contribution in [3.8, 4) is 0 Å². The number of likely N-dealkylation sites (N-methyl/N-ethyl adjacent to an activating group) is 1. The molecule has 8 heteroatoms. The van der Waals surface area contributed by atoms with Crippen LogP contribution in [0.25, 0.3) is 0 Å². The van der Waals surface area contributed by atoms with Crippen molar-refractivity contribution in [2.75, 3.05) is 80.4 Å². The van der Waals surface area contributed by atoms with E-state index >= 15 is 0 Å². The van der Waals surface area contributed by atoms with Crippen LogP contribution in [-0.2, 0) is 19.0 Å². The highest BCUT2D eigenvalue weighted by Crippen LogP contribution is 2.16. The molecule has 0 saturated carbocycles. The van der Waals surface area contributed by atoms with Gasteiger partial charge in [0, 0.05) is 60.0 Å². The summed E-state index contributed by atoms with van der Waals surface area (Å²) in [5, 5.41) is 3.38. The van der Waals surface area contributed by atoms with Gasteiger partial charge in [-0.2, -0.15) is 0 Å². The summed E-state index contributed by atoms with van der Waals surface area (Å²) < 4.78 is 16.0. The lowest BCUT2D eigenvalue weighted by atomic mass is 10.1. The summed E-state index contributed by atoms with van der Waals surface area (Å²) in [6.45, 7) is 8.18. The van der Waals surface area contributed by atoms with Crippen molar-refractivity contribution < 1.29 is 19.0 Å². The van der Waals surface area contributed by atoms with E-state index in [2.05, 4.69) is 15.2 Å². The number of hydrogen-bond donors (Lipinski definition) is 1. The fourth-order valence-electron chi connectivity index (χ4n) is 2.62. The van der Waals surface area contributed by atoms with Gasteiger partial charge in [0.2, 0.25) is 5.91 Å². The number of methoxy groups -OCH3 is 1. The van der Waals surface area contributed by atoms with Crippen LogP contribution in [-0.4, -0.2) is 102 Å². The van der Waals surface area contributed by atoms with Crippen LogP contribution in [0.1, 0.15) is 19.8 Å². The molecule has 1 atom stereocenters. The molecule has 1 rings (SSSR count). The average molecular weight is 373 g/mol. The van der Waals surface area contributed by atoms with Crippen molar-refractivity contribution in [1.82, 2.24) is 15.1 Å². The van der Waals surface area contributed by atoms with E-state index in [1.807, 2.05) is 6.92 Å². The Morgan fingerprint density at radius 1 is 1.27 bits per heavy atom. The second-order valence-electron chi connectivity index (χ2n) is 6.57. The molecule has 1 aliphatic rings. The maximum atomic E-state index is 11.9. The number of rotatable bonds is 12. The molecule has 152 valence electrons. The predicted molar refractivity (Wildman–Crippen MR) is 102 cm³/mol. The van der Waals surface area contributed by atoms with E-state index in [4.69, 9.17) is 14.2 Å². The van der Waals surface area contributed by atoms with E-state index in [9.17, 15) is 4.79 Å². The molecular formula is C18H36N4O4. The number of carbonyl (C=O) groups is 1. The third-order valence-corrected chi connectivity index (χ3v) is 4.19. The summed E-state index contributed by atoms with van der Waals surface area (Å²) in [4.78, 5) is 20.2. The molecule has 1 fully saturated rings. The topological polar surface area (TPSA) is 75.6 Å². The fraction of sp³-hybridized carbons (Fsp3) is 0.889. The molecule has 1 N–H and O–H groups in total. The van der Waals surface area contributed by atoms with Gasteiger partial charge in [0.05, 0.1) is 19.8 Å². The Labute approximate surface area is 157 Å². The highest BCUT2D eigenvalue weighted by Gasteiger charge is 2.25. The number of carbonyl (C=O) groups excluding carboxylic acids is 1. The Morgan fingerprint density at radius 2 is 2.08 bits per heavy atom. The van der Waals surface area contributed by atoms with Gasteiger partial charge in [-0.05, 0) is 19.8 Å². The smallest absolute Gasteiger partial charge is 0.243 e. The molecule has 0 radical (unpaired) electrons. The first-order chi connectivity index (χ1) is 12.6. The van der Waals surface area contributed by atoms with Gasteiger partial charge in [-0.25, -0.2) is 4.99 Å². The maximum Gasteiger partial charge on any atom is 0.243 e. The minimum atomic E-state index is -0.00253. The minimum Gasteiger partial charge on any atom is -0.382 e. The monoisotopic (exact) mass is 372 g/mol. The lowest BCUT2D eigenvalue weighted by Gasteiger charge is -2.22. The summed E-state index contributed by atoms with van der Waals surface area (Å²) in [5.41, 5.74) is 0. The molecule has 26 heavy (non-hydrogen) atoms. The third kappa shape index (κ3) is 9.35. The highest BCUT2D eigenvalue weighted by atomic mass is 16.5. The molecule has 1 heterocycles. The second-order valence-corrected chi connectivity index (χ2v) is 6.57. The number of nitrogens with one attached hydrogen (secondary N) is 1. The lowest BCUT2D eigenvalue weighted by molar-refractivity contribution is -0.127. The van der Waals surface area contributed by atoms with Gasteiger partial charge >= 0.3 is 0 Å². The second kappa shape index (κ2) is 13.8. The molecule has 1 saturated heterocycles. The number of guanidine groups is 1. The van der Waals surface area contributed by atoms with Crippen LogP contribution in [0, 0.1) is 5.92 Å². The van der Waals surface area contributed by atoms with Crippen molar-refractivity contribution in [2.24, 2.45) is 10.9 Å². The lowest BCUT2D eigenvalue weighted by Crippen LogP contribution is -2.41. The van der Waals surface area contributed by atoms with Gasteiger partial charge < -0.3 is 29.3 Å². The van der Waals surface area contributed by atoms with E-state index < -0.39 is 0 Å². The number of nitrogens with zero attached hydrogens (tertiary/aromatic N) is 3. The van der Waals surface area contributed by atoms with E-state index in [-0.39, 0.29) is 12.5 Å². The zero-order valence-corrected chi connectivity index (χ0v) is 16.8. The Morgan fingerprint density at radius 3 is 2.77 bits per heavy atom. The Balaban J connectivity index is 2.49. The van der Waals surface area contributed by atoms with E-state index in [1.54, 1.807) is 26.1 Å². The summed E-state index contributed by atoms with van der Waals surface area (Å²) in [6.07, 6.45) is 1.97. The van der Waals surface area contributed by atoms with Crippen LogP contribution in [0.2, 0.25) is 0 Å². The Hall–Kier alpha value is -1.38. The van der Waals surface area contributed by atoms with Crippen LogP contribution in [0.3, 0.4) is 0 Å². The Bertz CT molecular complexity index is 418. The van der Waals surface area contributed by atoms with Gasteiger partial charge in [0.1, 0.15) is 6.54 Å². The fourth-order valence-corrected chi connectivity index (χ4v) is 2.62. The van der Waals surface area contributed by atoms with Gasteiger partial charge in [-0.15, -0.1) is 0 Å². The zero-order valence-electron chi connectivity index (χ0n) is 16.8. The van der Waals surface area contributed by atoms with E-state index in [0.29, 0.717) is 19.1 Å². The normalized spacial score (nSPS) is 17.6. The molecular weight excluding hydrogens is 336 g/mol. The number of amides is 1. The molecule has 0 spiro atoms. The molecule has 0 aliphatic carbocycles. The molecule has 0 aromatic carbocycles. The van der Waals surface area contributed by atoms with Gasteiger partial charge in [0.15, 0.2) is 5.96 Å². The largest absolute Gasteiger partial charge is 0.382 e. The summed E-state index contributed by atoms with van der Waals surface area (Å²) >= 11 is 0. The van der Waals surface area contributed by atoms with Crippen molar-refractivity contribution >= 4 is 11.9 Å². The van der Waals surface area contributed by atoms with Crippen LogP contribution >= 0.6 is 0 Å². The van der Waals surface area contributed by atoms with Gasteiger partial charge in [-0.1, -0.05) is 0 Å². The Kier molecular flexibility index (Phi) is 12.0. The zero-order chi connectivity index (χ0) is 19.2.